The number of aliphatic hydroxyl groups is 1. The van der Waals surface area contributed by atoms with E-state index in [4.69, 9.17) is 9.47 Å². The van der Waals surface area contributed by atoms with Gasteiger partial charge in [-0.2, -0.15) is 0 Å². The molecular formula is C35H48N4O6. The van der Waals surface area contributed by atoms with E-state index >= 15 is 0 Å². The third kappa shape index (κ3) is 5.56. The molecule has 3 aliphatic heterocycles. The van der Waals surface area contributed by atoms with E-state index in [1.54, 1.807) is 24.3 Å². The van der Waals surface area contributed by atoms with Gasteiger partial charge in [0.15, 0.2) is 0 Å². The third-order valence-electron chi connectivity index (χ3n) is 10.2. The van der Waals surface area contributed by atoms with Gasteiger partial charge < -0.3 is 35.0 Å². The van der Waals surface area contributed by atoms with Gasteiger partial charge in [-0.25, -0.2) is 0 Å². The van der Waals surface area contributed by atoms with Crippen molar-refractivity contribution in [3.63, 3.8) is 0 Å². The second-order valence-corrected chi connectivity index (χ2v) is 12.7. The zero-order chi connectivity index (χ0) is 32.5. The molecule has 1 spiro atoms. The Hall–Kier alpha value is -3.63. The number of aliphatic hydroxyl groups excluding tert-OH is 1. The van der Waals surface area contributed by atoms with E-state index in [-0.39, 0.29) is 30.2 Å². The van der Waals surface area contributed by atoms with Crippen molar-refractivity contribution in [2.45, 2.75) is 84.1 Å². The first-order valence-corrected chi connectivity index (χ1v) is 16.4. The average Bonchev–Trinajstić information content (AvgIpc) is 3.63. The third-order valence-corrected chi connectivity index (χ3v) is 10.2. The number of nitrogens with one attached hydrogen (secondary N) is 2. The van der Waals surface area contributed by atoms with E-state index in [9.17, 15) is 19.5 Å². The van der Waals surface area contributed by atoms with Crippen LogP contribution in [0.25, 0.3) is 0 Å². The first-order chi connectivity index (χ1) is 21.6. The first kappa shape index (κ1) is 32.8. The van der Waals surface area contributed by atoms with Crippen molar-refractivity contribution in [3.8, 4) is 5.75 Å². The molecule has 3 N–H and O–H groups in total. The van der Waals surface area contributed by atoms with Crippen molar-refractivity contribution >= 4 is 34.8 Å². The summed E-state index contributed by atoms with van der Waals surface area (Å²) in [6.07, 6.45) is 1.54. The van der Waals surface area contributed by atoms with Crippen molar-refractivity contribution in [1.82, 2.24) is 4.90 Å². The number of fused-ring (bicyclic) bond motifs is 1. The Morgan fingerprint density at radius 2 is 1.58 bits per heavy atom. The number of nitrogens with zero attached hydrogens (tertiary/aromatic N) is 2. The van der Waals surface area contributed by atoms with Crippen molar-refractivity contribution in [3.05, 3.63) is 48.5 Å². The SMILES string of the molecule is CCOc1ccc(NC(=O)[C@H]2[C@H]3C(=O)N([C@@H](CO)C(C)C)C(C(=O)Nc4ccc(N(CC)CC)cc4)C34CC[C@]2(CC)O4)cc1. The molecule has 3 heterocycles. The number of ether oxygens (including phenoxy) is 2. The predicted molar refractivity (Wildman–Crippen MR) is 174 cm³/mol. The van der Waals surface area contributed by atoms with Crippen LogP contribution in [0.3, 0.4) is 0 Å². The van der Waals surface area contributed by atoms with E-state index in [1.165, 1.54) is 4.90 Å². The summed E-state index contributed by atoms with van der Waals surface area (Å²) in [6, 6.07) is 13.2. The van der Waals surface area contributed by atoms with Gasteiger partial charge in [0.1, 0.15) is 17.4 Å². The van der Waals surface area contributed by atoms with Crippen LogP contribution in [0.5, 0.6) is 5.75 Å². The number of rotatable bonds is 13. The zero-order valence-corrected chi connectivity index (χ0v) is 27.3. The van der Waals surface area contributed by atoms with Gasteiger partial charge in [0, 0.05) is 30.2 Å². The summed E-state index contributed by atoms with van der Waals surface area (Å²) in [4.78, 5) is 46.7. The van der Waals surface area contributed by atoms with Gasteiger partial charge in [0.25, 0.3) is 0 Å². The molecule has 6 atom stereocenters. The molecule has 3 aliphatic rings. The molecule has 0 aromatic heterocycles. The lowest BCUT2D eigenvalue weighted by molar-refractivity contribution is -0.149. The number of hydrogen-bond acceptors (Lipinski definition) is 7. The van der Waals surface area contributed by atoms with Crippen LogP contribution in [0.2, 0.25) is 0 Å². The van der Waals surface area contributed by atoms with E-state index in [1.807, 2.05) is 52.0 Å². The van der Waals surface area contributed by atoms with Gasteiger partial charge >= 0.3 is 0 Å². The Labute approximate surface area is 266 Å². The minimum atomic E-state index is -1.19. The van der Waals surface area contributed by atoms with Crippen molar-refractivity contribution in [1.29, 1.82) is 0 Å². The fourth-order valence-corrected chi connectivity index (χ4v) is 7.91. The highest BCUT2D eigenvalue weighted by Gasteiger charge is 2.79. The van der Waals surface area contributed by atoms with Crippen LogP contribution in [-0.2, 0) is 19.1 Å². The van der Waals surface area contributed by atoms with Crippen LogP contribution in [-0.4, -0.2) is 77.3 Å². The molecule has 2 unspecified atom stereocenters. The predicted octanol–water partition coefficient (Wildman–Crippen LogP) is 4.68. The zero-order valence-electron chi connectivity index (χ0n) is 27.3. The molecule has 0 saturated carbocycles. The molecule has 5 rings (SSSR count). The summed E-state index contributed by atoms with van der Waals surface area (Å²) in [5.41, 5.74) is 0.181. The molecule has 2 aromatic carbocycles. The topological polar surface area (TPSA) is 120 Å². The Morgan fingerprint density at radius 3 is 2.11 bits per heavy atom. The Kier molecular flexibility index (Phi) is 9.46. The summed E-state index contributed by atoms with van der Waals surface area (Å²) in [6.45, 7) is 13.9. The summed E-state index contributed by atoms with van der Waals surface area (Å²) >= 11 is 0. The van der Waals surface area contributed by atoms with E-state index in [0.29, 0.717) is 43.0 Å². The Bertz CT molecular complexity index is 1380. The highest BCUT2D eigenvalue weighted by molar-refractivity contribution is 6.05. The lowest BCUT2D eigenvalue weighted by atomic mass is 9.65. The minimum absolute atomic E-state index is 0.133. The number of hydrogen-bond donors (Lipinski definition) is 3. The van der Waals surface area contributed by atoms with E-state index in [0.717, 1.165) is 18.8 Å². The lowest BCUT2D eigenvalue weighted by Gasteiger charge is -2.38. The number of anilines is 3. The smallest absolute Gasteiger partial charge is 0.250 e. The Morgan fingerprint density at radius 1 is 0.978 bits per heavy atom. The van der Waals surface area contributed by atoms with Crippen LogP contribution >= 0.6 is 0 Å². The van der Waals surface area contributed by atoms with E-state index in [2.05, 4.69) is 29.4 Å². The molecule has 2 aromatic rings. The molecule has 10 heteroatoms. The second kappa shape index (κ2) is 13.0. The maximum atomic E-state index is 14.5. The normalized spacial score (nSPS) is 27.4. The van der Waals surface area contributed by atoms with Gasteiger partial charge in [-0.15, -0.1) is 0 Å². The molecule has 244 valence electrons. The fourth-order valence-electron chi connectivity index (χ4n) is 7.91. The van der Waals surface area contributed by atoms with Gasteiger partial charge in [0.05, 0.1) is 36.7 Å². The largest absolute Gasteiger partial charge is 0.494 e. The maximum absolute atomic E-state index is 14.5. The molecule has 10 nitrogen and oxygen atoms in total. The average molecular weight is 621 g/mol. The number of carbonyl (C=O) groups excluding carboxylic acids is 3. The molecular weight excluding hydrogens is 572 g/mol. The van der Waals surface area contributed by atoms with Crippen LogP contribution in [0.1, 0.15) is 60.8 Å². The van der Waals surface area contributed by atoms with Crippen LogP contribution in [0.4, 0.5) is 17.1 Å². The van der Waals surface area contributed by atoms with Crippen LogP contribution in [0.15, 0.2) is 48.5 Å². The second-order valence-electron chi connectivity index (χ2n) is 12.7. The van der Waals surface area contributed by atoms with Gasteiger partial charge in [0.2, 0.25) is 17.7 Å². The minimum Gasteiger partial charge on any atom is -0.494 e. The van der Waals surface area contributed by atoms with E-state index < -0.39 is 35.1 Å². The highest BCUT2D eigenvalue weighted by atomic mass is 16.5. The van der Waals surface area contributed by atoms with Gasteiger partial charge in [-0.1, -0.05) is 20.8 Å². The van der Waals surface area contributed by atoms with Gasteiger partial charge in [-0.05, 0) is 94.5 Å². The molecule has 0 radical (unpaired) electrons. The molecule has 3 fully saturated rings. The van der Waals surface area contributed by atoms with Crippen molar-refractivity contribution in [2.24, 2.45) is 17.8 Å². The highest BCUT2D eigenvalue weighted by Crippen LogP contribution is 2.64. The lowest BCUT2D eigenvalue weighted by Crippen LogP contribution is -2.57. The quantitative estimate of drug-likeness (QED) is 0.298. The van der Waals surface area contributed by atoms with Crippen molar-refractivity contribution in [2.75, 3.05) is 41.8 Å². The number of likely N-dealkylation sites (tertiary alicyclic amines) is 1. The molecule has 3 amide bonds. The summed E-state index contributed by atoms with van der Waals surface area (Å²) in [5.74, 6) is -2.09. The summed E-state index contributed by atoms with van der Waals surface area (Å²) in [7, 11) is 0. The van der Waals surface area contributed by atoms with Crippen LogP contribution in [0, 0.1) is 17.8 Å². The monoisotopic (exact) mass is 620 g/mol. The first-order valence-electron chi connectivity index (χ1n) is 16.4. The summed E-state index contributed by atoms with van der Waals surface area (Å²) < 4.78 is 12.4. The Balaban J connectivity index is 1.49. The summed E-state index contributed by atoms with van der Waals surface area (Å²) in [5, 5.41) is 16.6. The molecule has 0 aliphatic carbocycles. The molecule has 3 saturated heterocycles. The maximum Gasteiger partial charge on any atom is 0.250 e. The number of benzene rings is 2. The van der Waals surface area contributed by atoms with Crippen LogP contribution < -0.4 is 20.3 Å². The number of carbonyl (C=O) groups is 3. The molecule has 45 heavy (non-hydrogen) atoms. The van der Waals surface area contributed by atoms with Gasteiger partial charge in [-0.3, -0.25) is 14.4 Å². The van der Waals surface area contributed by atoms with Crippen molar-refractivity contribution < 1.29 is 29.0 Å². The number of amides is 3. The standard InChI is InChI=1S/C35H48N4O6/c1-7-34-19-20-35(45-34)29(28(34)31(41)36-24-13-17-26(18-14-24)44-10-4)33(43)39(27(21-40)22(5)6)30(35)32(42)37-23-11-15-25(16-12-23)38(8-2)9-3/h11-18,22,27-30,40H,7-10,19-21H2,1-6H3,(H,36,41)(H,37,42)/t27-,28+,29-,30?,34-,35?/m0/s1. The molecule has 2 bridgehead atoms. The fraction of sp³-hybridized carbons (Fsp3) is 0.571.